The lowest BCUT2D eigenvalue weighted by Gasteiger charge is -2.26. The molecule has 0 aromatic heterocycles. The third kappa shape index (κ3) is 3.00. The summed E-state index contributed by atoms with van der Waals surface area (Å²) in [5, 5.41) is 3.02. The van der Waals surface area contributed by atoms with Gasteiger partial charge in [0.2, 0.25) is 0 Å². The first-order valence-electron chi connectivity index (χ1n) is 6.99. The molecule has 3 rings (SSSR count). The Labute approximate surface area is 131 Å². The summed E-state index contributed by atoms with van der Waals surface area (Å²) < 4.78 is 13.9. The fourth-order valence-electron chi connectivity index (χ4n) is 2.81. The van der Waals surface area contributed by atoms with Crippen LogP contribution in [-0.4, -0.2) is 5.91 Å². The van der Waals surface area contributed by atoms with Gasteiger partial charge in [-0.05, 0) is 64.5 Å². The number of benzene rings is 2. The van der Waals surface area contributed by atoms with Crippen LogP contribution in [0, 0.1) is 5.82 Å². The molecule has 0 unspecified atom stereocenters. The number of halogens is 2. The third-order valence-electron chi connectivity index (χ3n) is 3.85. The molecule has 108 valence electrons. The van der Waals surface area contributed by atoms with Gasteiger partial charge in [0.15, 0.2) is 0 Å². The van der Waals surface area contributed by atoms with Gasteiger partial charge in [0.25, 0.3) is 5.91 Å². The van der Waals surface area contributed by atoms with Gasteiger partial charge in [0.1, 0.15) is 5.82 Å². The molecule has 0 saturated carbocycles. The predicted octanol–water partition coefficient (Wildman–Crippen LogP) is 4.40. The second-order valence-electron chi connectivity index (χ2n) is 5.24. The van der Waals surface area contributed by atoms with Gasteiger partial charge >= 0.3 is 0 Å². The summed E-state index contributed by atoms with van der Waals surface area (Å²) in [4.78, 5) is 12.4. The van der Waals surface area contributed by atoms with E-state index >= 15 is 0 Å². The van der Waals surface area contributed by atoms with Crippen molar-refractivity contribution in [1.29, 1.82) is 0 Å². The molecule has 1 aliphatic carbocycles. The standard InChI is InChI=1S/C17H15BrFNO/c18-15-9-8-12(19)10-14(15)17(21)20-16-7-3-5-11-4-1-2-6-13(11)16/h1-2,4,6,8-10,16H,3,5,7H2,(H,20,21)/t16-/m0/s1. The molecule has 2 aromatic carbocycles. The van der Waals surface area contributed by atoms with Crippen LogP contribution in [0.25, 0.3) is 0 Å². The van der Waals surface area contributed by atoms with Gasteiger partial charge in [-0.15, -0.1) is 0 Å². The van der Waals surface area contributed by atoms with E-state index in [2.05, 4.69) is 33.4 Å². The SMILES string of the molecule is O=C(N[C@H]1CCCc2ccccc21)c1cc(F)ccc1Br. The maximum atomic E-state index is 13.3. The minimum Gasteiger partial charge on any atom is -0.345 e. The quantitative estimate of drug-likeness (QED) is 0.857. The highest BCUT2D eigenvalue weighted by molar-refractivity contribution is 9.10. The molecule has 0 fully saturated rings. The number of nitrogens with one attached hydrogen (secondary N) is 1. The number of hydrogen-bond acceptors (Lipinski definition) is 1. The summed E-state index contributed by atoms with van der Waals surface area (Å²) in [6, 6.07) is 12.3. The van der Waals surface area contributed by atoms with Gasteiger partial charge in [0, 0.05) is 4.47 Å². The van der Waals surface area contributed by atoms with Crippen molar-refractivity contribution in [3.05, 3.63) is 69.4 Å². The lowest BCUT2D eigenvalue weighted by molar-refractivity contribution is 0.0931. The fraction of sp³-hybridized carbons (Fsp3) is 0.235. The fourth-order valence-corrected chi connectivity index (χ4v) is 3.24. The maximum absolute atomic E-state index is 13.3. The van der Waals surface area contributed by atoms with Crippen molar-refractivity contribution in [3.63, 3.8) is 0 Å². The molecular formula is C17H15BrFNO. The first-order valence-corrected chi connectivity index (χ1v) is 7.78. The molecule has 0 saturated heterocycles. The van der Waals surface area contributed by atoms with Crippen LogP contribution < -0.4 is 5.32 Å². The van der Waals surface area contributed by atoms with Crippen molar-refractivity contribution in [2.75, 3.05) is 0 Å². The molecule has 0 heterocycles. The van der Waals surface area contributed by atoms with Crippen molar-refractivity contribution in [2.24, 2.45) is 0 Å². The molecule has 0 bridgehead atoms. The molecule has 1 aliphatic rings. The number of carbonyl (C=O) groups is 1. The molecular weight excluding hydrogens is 333 g/mol. The van der Waals surface area contributed by atoms with Crippen LogP contribution >= 0.6 is 15.9 Å². The Hall–Kier alpha value is -1.68. The molecule has 1 atom stereocenters. The topological polar surface area (TPSA) is 29.1 Å². The van der Waals surface area contributed by atoms with E-state index in [9.17, 15) is 9.18 Å². The van der Waals surface area contributed by atoms with E-state index in [1.807, 2.05) is 12.1 Å². The zero-order chi connectivity index (χ0) is 14.8. The van der Waals surface area contributed by atoms with Crippen LogP contribution in [-0.2, 0) is 6.42 Å². The summed E-state index contributed by atoms with van der Waals surface area (Å²) in [6.07, 6.45) is 3.01. The molecule has 2 aromatic rings. The van der Waals surface area contributed by atoms with Crippen molar-refractivity contribution in [1.82, 2.24) is 5.32 Å². The zero-order valence-corrected chi connectivity index (χ0v) is 13.0. The highest BCUT2D eigenvalue weighted by Crippen LogP contribution is 2.30. The molecule has 0 aliphatic heterocycles. The van der Waals surface area contributed by atoms with E-state index in [1.54, 1.807) is 6.07 Å². The molecule has 21 heavy (non-hydrogen) atoms. The highest BCUT2D eigenvalue weighted by atomic mass is 79.9. The first-order chi connectivity index (χ1) is 10.1. The van der Waals surface area contributed by atoms with Gasteiger partial charge in [0.05, 0.1) is 11.6 Å². The van der Waals surface area contributed by atoms with Crippen molar-refractivity contribution < 1.29 is 9.18 Å². The summed E-state index contributed by atoms with van der Waals surface area (Å²) in [7, 11) is 0. The summed E-state index contributed by atoms with van der Waals surface area (Å²) in [6.45, 7) is 0. The Bertz CT molecular complexity index is 686. The predicted molar refractivity (Wildman–Crippen MR) is 83.7 cm³/mol. The lowest BCUT2D eigenvalue weighted by Crippen LogP contribution is -2.31. The molecule has 2 nitrogen and oxygen atoms in total. The van der Waals surface area contributed by atoms with Crippen LogP contribution in [0.15, 0.2) is 46.9 Å². The van der Waals surface area contributed by atoms with Gasteiger partial charge in [-0.25, -0.2) is 4.39 Å². The normalized spacial score (nSPS) is 17.1. The molecule has 1 N–H and O–H groups in total. The Balaban J connectivity index is 1.84. The number of fused-ring (bicyclic) bond motifs is 1. The summed E-state index contributed by atoms with van der Waals surface area (Å²) in [5.41, 5.74) is 2.79. The van der Waals surface area contributed by atoms with Crippen LogP contribution in [0.5, 0.6) is 0 Å². The second-order valence-corrected chi connectivity index (χ2v) is 6.10. The Morgan fingerprint density at radius 3 is 2.90 bits per heavy atom. The van der Waals surface area contributed by atoms with Crippen molar-refractivity contribution in [3.8, 4) is 0 Å². The van der Waals surface area contributed by atoms with E-state index in [-0.39, 0.29) is 11.9 Å². The second kappa shape index (κ2) is 5.98. The van der Waals surface area contributed by atoms with E-state index in [4.69, 9.17) is 0 Å². The smallest absolute Gasteiger partial charge is 0.253 e. The van der Waals surface area contributed by atoms with Crippen LogP contribution in [0.1, 0.15) is 40.4 Å². The summed E-state index contributed by atoms with van der Waals surface area (Å²) >= 11 is 3.30. The minimum absolute atomic E-state index is 0.00221. The van der Waals surface area contributed by atoms with Crippen LogP contribution in [0.3, 0.4) is 0 Å². The van der Waals surface area contributed by atoms with Gasteiger partial charge in [-0.3, -0.25) is 4.79 Å². The highest BCUT2D eigenvalue weighted by Gasteiger charge is 2.22. The van der Waals surface area contributed by atoms with Crippen molar-refractivity contribution >= 4 is 21.8 Å². The molecule has 0 spiro atoms. The third-order valence-corrected chi connectivity index (χ3v) is 4.54. The number of aryl methyl sites for hydroxylation is 1. The summed E-state index contributed by atoms with van der Waals surface area (Å²) in [5.74, 6) is -0.657. The van der Waals surface area contributed by atoms with Crippen molar-refractivity contribution in [2.45, 2.75) is 25.3 Å². The number of carbonyl (C=O) groups excluding carboxylic acids is 1. The van der Waals surface area contributed by atoms with Gasteiger partial charge in [-0.2, -0.15) is 0 Å². The Morgan fingerprint density at radius 1 is 1.24 bits per heavy atom. The molecule has 1 amide bonds. The largest absolute Gasteiger partial charge is 0.345 e. The maximum Gasteiger partial charge on any atom is 0.253 e. The van der Waals surface area contributed by atoms with Crippen LogP contribution in [0.2, 0.25) is 0 Å². The number of amides is 1. The van der Waals surface area contributed by atoms with E-state index in [0.717, 1.165) is 19.3 Å². The zero-order valence-electron chi connectivity index (χ0n) is 11.4. The van der Waals surface area contributed by atoms with E-state index < -0.39 is 5.82 Å². The van der Waals surface area contributed by atoms with E-state index in [0.29, 0.717) is 10.0 Å². The van der Waals surface area contributed by atoms with Gasteiger partial charge < -0.3 is 5.32 Å². The number of hydrogen-bond donors (Lipinski definition) is 1. The average molecular weight is 348 g/mol. The number of rotatable bonds is 2. The Kier molecular flexibility index (Phi) is 4.06. The monoisotopic (exact) mass is 347 g/mol. The molecule has 4 heteroatoms. The van der Waals surface area contributed by atoms with Gasteiger partial charge in [-0.1, -0.05) is 24.3 Å². The van der Waals surface area contributed by atoms with Crippen LogP contribution in [0.4, 0.5) is 4.39 Å². The minimum atomic E-state index is -0.410. The molecule has 0 radical (unpaired) electrons. The average Bonchev–Trinajstić information content (AvgIpc) is 2.50. The Morgan fingerprint density at radius 2 is 2.05 bits per heavy atom. The first kappa shape index (κ1) is 14.3. The lowest BCUT2D eigenvalue weighted by atomic mass is 9.87. The van der Waals surface area contributed by atoms with E-state index in [1.165, 1.54) is 23.3 Å².